The highest BCUT2D eigenvalue weighted by Crippen LogP contribution is 2.40. The second kappa shape index (κ2) is 7.03. The van der Waals surface area contributed by atoms with Gasteiger partial charge in [-0.15, -0.1) is 0 Å². The summed E-state index contributed by atoms with van der Waals surface area (Å²) in [6, 6.07) is 16.6. The number of fused-ring (bicyclic) bond motifs is 1. The van der Waals surface area contributed by atoms with Gasteiger partial charge >= 0.3 is 0 Å². The van der Waals surface area contributed by atoms with Crippen LogP contribution in [0.2, 0.25) is 0 Å². The molecule has 1 amide bonds. The quantitative estimate of drug-likeness (QED) is 0.680. The van der Waals surface area contributed by atoms with Crippen molar-refractivity contribution in [3.8, 4) is 11.5 Å². The Labute approximate surface area is 170 Å². The largest absolute Gasteiger partial charge is 0.378 e. The Morgan fingerprint density at radius 2 is 2.00 bits per heavy atom. The zero-order valence-electron chi connectivity index (χ0n) is 16.7. The van der Waals surface area contributed by atoms with Crippen LogP contribution in [0.1, 0.15) is 41.8 Å². The number of rotatable bonds is 4. The predicted octanol–water partition coefficient (Wildman–Crippen LogP) is 3.81. The van der Waals surface area contributed by atoms with Crippen molar-refractivity contribution in [3.63, 3.8) is 0 Å². The molecule has 148 valence electrons. The summed E-state index contributed by atoms with van der Waals surface area (Å²) in [6.07, 6.45) is 2.46. The zero-order chi connectivity index (χ0) is 20.0. The molecule has 2 atom stereocenters. The molecule has 0 N–H and O–H groups in total. The van der Waals surface area contributed by atoms with Crippen LogP contribution < -0.4 is 4.90 Å². The summed E-state index contributed by atoms with van der Waals surface area (Å²) in [4.78, 5) is 21.5. The van der Waals surface area contributed by atoms with Crippen molar-refractivity contribution < 1.29 is 9.32 Å². The molecular weight excluding hydrogens is 364 g/mol. The van der Waals surface area contributed by atoms with Gasteiger partial charge in [0.2, 0.25) is 5.91 Å². The van der Waals surface area contributed by atoms with Crippen LogP contribution in [0.5, 0.6) is 0 Å². The molecule has 6 nitrogen and oxygen atoms in total. The van der Waals surface area contributed by atoms with E-state index in [1.165, 1.54) is 11.1 Å². The minimum atomic E-state index is -0.0233. The molecule has 29 heavy (non-hydrogen) atoms. The maximum atomic E-state index is 12.8. The highest BCUT2D eigenvalue weighted by Gasteiger charge is 2.39. The summed E-state index contributed by atoms with van der Waals surface area (Å²) in [6.45, 7) is 0.647. The number of carbonyl (C=O) groups excluding carboxylic acids is 1. The van der Waals surface area contributed by atoms with Crippen molar-refractivity contribution in [3.05, 3.63) is 65.5 Å². The third-order valence-electron chi connectivity index (χ3n) is 6.05. The topological polar surface area (TPSA) is 62.5 Å². The first-order chi connectivity index (χ1) is 14.1. The van der Waals surface area contributed by atoms with E-state index < -0.39 is 0 Å². The second-order valence-electron chi connectivity index (χ2n) is 8.10. The van der Waals surface area contributed by atoms with E-state index >= 15 is 0 Å². The summed E-state index contributed by atoms with van der Waals surface area (Å²) in [7, 11) is 4.00. The minimum Gasteiger partial charge on any atom is -0.378 e. The number of carbonyl (C=O) groups is 1. The van der Waals surface area contributed by atoms with Crippen LogP contribution in [0.3, 0.4) is 0 Å². The normalized spacial score (nSPS) is 20.9. The van der Waals surface area contributed by atoms with Crippen LogP contribution in [-0.4, -0.2) is 41.6 Å². The van der Waals surface area contributed by atoms with E-state index in [0.717, 1.165) is 24.1 Å². The first kappa shape index (κ1) is 17.9. The summed E-state index contributed by atoms with van der Waals surface area (Å²) >= 11 is 0. The van der Waals surface area contributed by atoms with E-state index in [-0.39, 0.29) is 17.9 Å². The number of amides is 1. The fourth-order valence-electron chi connectivity index (χ4n) is 4.50. The molecule has 0 spiro atoms. The van der Waals surface area contributed by atoms with Crippen molar-refractivity contribution in [1.29, 1.82) is 0 Å². The Balaban J connectivity index is 1.36. The number of hydrogen-bond donors (Lipinski definition) is 0. The molecule has 2 heterocycles. The number of aromatic nitrogens is 2. The number of aryl methyl sites for hydroxylation is 1. The van der Waals surface area contributed by atoms with Crippen molar-refractivity contribution >= 4 is 11.6 Å². The van der Waals surface area contributed by atoms with Crippen LogP contribution in [0, 0.1) is 0 Å². The van der Waals surface area contributed by atoms with E-state index in [1.807, 2.05) is 48.2 Å². The maximum absolute atomic E-state index is 12.8. The zero-order valence-corrected chi connectivity index (χ0v) is 16.7. The van der Waals surface area contributed by atoms with E-state index in [0.29, 0.717) is 24.7 Å². The van der Waals surface area contributed by atoms with Crippen molar-refractivity contribution in [2.45, 2.75) is 31.2 Å². The number of anilines is 1. The molecule has 0 radical (unpaired) electrons. The Kier molecular flexibility index (Phi) is 4.34. The Bertz CT molecular complexity index is 1060. The van der Waals surface area contributed by atoms with Gasteiger partial charge in [0, 0.05) is 44.2 Å². The Hall–Kier alpha value is -3.15. The van der Waals surface area contributed by atoms with Crippen LogP contribution >= 0.6 is 0 Å². The van der Waals surface area contributed by atoms with Gasteiger partial charge in [0.25, 0.3) is 5.89 Å². The van der Waals surface area contributed by atoms with Gasteiger partial charge in [0.05, 0.1) is 6.04 Å². The maximum Gasteiger partial charge on any atom is 0.258 e. The fraction of sp³-hybridized carbons (Fsp3) is 0.348. The van der Waals surface area contributed by atoms with E-state index in [4.69, 9.17) is 4.52 Å². The molecule has 2 aliphatic rings. The molecule has 1 aromatic heterocycles. The second-order valence-corrected chi connectivity index (χ2v) is 8.10. The van der Waals surface area contributed by atoms with Gasteiger partial charge in [-0.2, -0.15) is 4.98 Å². The number of hydrogen-bond acceptors (Lipinski definition) is 5. The molecule has 6 heteroatoms. The summed E-state index contributed by atoms with van der Waals surface area (Å²) in [5.41, 5.74) is 4.61. The molecule has 1 aliphatic carbocycles. The molecular formula is C23H24N4O2. The first-order valence-corrected chi connectivity index (χ1v) is 10.1. The van der Waals surface area contributed by atoms with Crippen molar-refractivity contribution in [2.75, 3.05) is 25.5 Å². The van der Waals surface area contributed by atoms with Crippen LogP contribution in [0.25, 0.3) is 11.5 Å². The fourth-order valence-corrected chi connectivity index (χ4v) is 4.50. The summed E-state index contributed by atoms with van der Waals surface area (Å²) in [5, 5.41) is 4.21. The van der Waals surface area contributed by atoms with Crippen LogP contribution in [0.4, 0.5) is 5.69 Å². The predicted molar refractivity (Wildman–Crippen MR) is 111 cm³/mol. The Morgan fingerprint density at radius 1 is 1.14 bits per heavy atom. The molecule has 2 unspecified atom stereocenters. The molecule has 2 aromatic carbocycles. The highest BCUT2D eigenvalue weighted by molar-refractivity contribution is 5.80. The third-order valence-corrected chi connectivity index (χ3v) is 6.05. The van der Waals surface area contributed by atoms with Gasteiger partial charge in [0.15, 0.2) is 5.82 Å². The summed E-state index contributed by atoms with van der Waals surface area (Å²) in [5.74, 6) is 1.28. The van der Waals surface area contributed by atoms with E-state index in [1.54, 1.807) is 0 Å². The average molecular weight is 388 g/mol. The number of likely N-dealkylation sites (tertiary alicyclic amines) is 1. The summed E-state index contributed by atoms with van der Waals surface area (Å²) < 4.78 is 5.54. The Morgan fingerprint density at radius 3 is 2.86 bits per heavy atom. The van der Waals surface area contributed by atoms with Crippen molar-refractivity contribution in [2.24, 2.45) is 0 Å². The smallest absolute Gasteiger partial charge is 0.258 e. The van der Waals surface area contributed by atoms with E-state index in [9.17, 15) is 4.79 Å². The first-order valence-electron chi connectivity index (χ1n) is 10.1. The molecule has 1 fully saturated rings. The number of benzene rings is 2. The molecule has 5 rings (SSSR count). The van der Waals surface area contributed by atoms with Gasteiger partial charge in [-0.3, -0.25) is 4.79 Å². The van der Waals surface area contributed by atoms with Gasteiger partial charge in [-0.05, 0) is 42.2 Å². The van der Waals surface area contributed by atoms with Crippen LogP contribution in [-0.2, 0) is 11.2 Å². The standard InChI is InChI=1S/C23H24N4O2/c1-26(2)18-8-5-7-16(12-18)23-24-22(25-29-23)17-13-21(28)27(14-17)20-11-10-15-6-3-4-9-19(15)20/h3-9,12,17,20H,10-11,13-14H2,1-2H3. The van der Waals surface area contributed by atoms with Crippen molar-refractivity contribution in [1.82, 2.24) is 15.0 Å². The van der Waals surface area contributed by atoms with Gasteiger partial charge < -0.3 is 14.3 Å². The number of nitrogens with zero attached hydrogens (tertiary/aromatic N) is 4. The molecule has 0 bridgehead atoms. The molecule has 1 saturated heterocycles. The highest BCUT2D eigenvalue weighted by atomic mass is 16.5. The molecule has 3 aromatic rings. The lowest BCUT2D eigenvalue weighted by Crippen LogP contribution is -2.28. The van der Waals surface area contributed by atoms with E-state index in [2.05, 4.69) is 34.4 Å². The lowest BCUT2D eigenvalue weighted by atomic mass is 10.1. The van der Waals surface area contributed by atoms with Crippen LogP contribution in [0.15, 0.2) is 53.1 Å². The SMILES string of the molecule is CN(C)c1cccc(-c2nc(C3CC(=O)N(C4CCc5ccccc54)C3)no2)c1. The van der Waals surface area contributed by atoms with Gasteiger partial charge in [-0.25, -0.2) is 0 Å². The molecule has 0 saturated carbocycles. The molecule has 1 aliphatic heterocycles. The monoisotopic (exact) mass is 388 g/mol. The van der Waals surface area contributed by atoms with Gasteiger partial charge in [-0.1, -0.05) is 35.5 Å². The lowest BCUT2D eigenvalue weighted by molar-refractivity contribution is -0.129. The lowest BCUT2D eigenvalue weighted by Gasteiger charge is -2.25. The average Bonchev–Trinajstić information content (AvgIpc) is 3.46. The van der Waals surface area contributed by atoms with Gasteiger partial charge in [0.1, 0.15) is 0 Å². The third kappa shape index (κ3) is 3.18. The minimum absolute atomic E-state index is 0.0233.